The summed E-state index contributed by atoms with van der Waals surface area (Å²) in [5.74, 6) is -1.16. The molecule has 1 aromatic carbocycles. The highest BCUT2D eigenvalue weighted by atomic mass is 19.4. The van der Waals surface area contributed by atoms with Crippen LogP contribution in [-0.2, 0) is 15.7 Å². The Morgan fingerprint density at radius 1 is 1.39 bits per heavy atom. The zero-order valence-corrected chi connectivity index (χ0v) is 9.80. The van der Waals surface area contributed by atoms with Crippen LogP contribution in [0.4, 0.5) is 18.9 Å². The first-order valence-corrected chi connectivity index (χ1v) is 4.97. The van der Waals surface area contributed by atoms with Crippen molar-refractivity contribution in [2.45, 2.75) is 6.18 Å². The van der Waals surface area contributed by atoms with E-state index in [2.05, 4.69) is 10.1 Å². The Hall–Kier alpha value is -1.92. The largest absolute Gasteiger partial charge is 0.481 e. The van der Waals surface area contributed by atoms with Crippen molar-refractivity contribution in [3.8, 4) is 5.75 Å². The van der Waals surface area contributed by atoms with Crippen LogP contribution in [-0.4, -0.2) is 26.7 Å². The molecule has 0 spiro atoms. The second-order valence-electron chi connectivity index (χ2n) is 3.32. The van der Waals surface area contributed by atoms with E-state index >= 15 is 0 Å². The smallest absolute Gasteiger partial charge is 0.420 e. The average Bonchev–Trinajstić information content (AvgIpc) is 2.34. The van der Waals surface area contributed by atoms with Crippen LogP contribution in [0.25, 0.3) is 0 Å². The van der Waals surface area contributed by atoms with Crippen LogP contribution in [0, 0.1) is 0 Å². The van der Waals surface area contributed by atoms with Crippen LogP contribution >= 0.6 is 0 Å². The molecule has 0 atom stereocenters. The van der Waals surface area contributed by atoms with Gasteiger partial charge in [0.05, 0.1) is 12.7 Å². The quantitative estimate of drug-likeness (QED) is 0.847. The van der Waals surface area contributed by atoms with E-state index in [-0.39, 0.29) is 0 Å². The molecule has 1 rings (SSSR count). The summed E-state index contributed by atoms with van der Waals surface area (Å²) in [6.45, 7) is -0.571. The van der Waals surface area contributed by atoms with Gasteiger partial charge in [-0.05, 0) is 18.2 Å². The van der Waals surface area contributed by atoms with Crippen LogP contribution in [0.5, 0.6) is 5.75 Å². The standard InChI is InChI=1S/C11H12F3NO3/c1-15-7-3-4-9(18-6-10(16)17-2)8(5-7)11(12,13)14/h3-5,15H,6H2,1-2H3. The van der Waals surface area contributed by atoms with Gasteiger partial charge in [0, 0.05) is 12.7 Å². The predicted molar refractivity (Wildman–Crippen MR) is 58.5 cm³/mol. The highest BCUT2D eigenvalue weighted by Crippen LogP contribution is 2.37. The number of halogens is 3. The minimum absolute atomic E-state index is 0.299. The van der Waals surface area contributed by atoms with E-state index in [9.17, 15) is 18.0 Å². The fraction of sp³-hybridized carbons (Fsp3) is 0.364. The van der Waals surface area contributed by atoms with Crippen LogP contribution in [0.1, 0.15) is 5.56 Å². The molecule has 0 aliphatic carbocycles. The third-order valence-corrected chi connectivity index (χ3v) is 2.15. The molecular weight excluding hydrogens is 251 g/mol. The van der Waals surface area contributed by atoms with E-state index in [1.54, 1.807) is 0 Å². The van der Waals surface area contributed by atoms with Crippen molar-refractivity contribution >= 4 is 11.7 Å². The molecule has 0 unspecified atom stereocenters. The molecule has 0 fully saturated rings. The molecule has 0 aliphatic rings. The molecule has 7 heteroatoms. The molecule has 18 heavy (non-hydrogen) atoms. The predicted octanol–water partition coefficient (Wildman–Crippen LogP) is 2.30. The molecule has 0 bridgehead atoms. The first-order chi connectivity index (χ1) is 8.38. The Labute approximate surface area is 102 Å². The van der Waals surface area contributed by atoms with E-state index in [0.29, 0.717) is 5.69 Å². The summed E-state index contributed by atoms with van der Waals surface area (Å²) in [4.78, 5) is 10.8. The highest BCUT2D eigenvalue weighted by Gasteiger charge is 2.34. The van der Waals surface area contributed by atoms with Gasteiger partial charge in [0.2, 0.25) is 0 Å². The number of methoxy groups -OCH3 is 1. The van der Waals surface area contributed by atoms with Gasteiger partial charge in [-0.3, -0.25) is 0 Å². The minimum atomic E-state index is -4.56. The lowest BCUT2D eigenvalue weighted by molar-refractivity contribution is -0.145. The van der Waals surface area contributed by atoms with Gasteiger partial charge < -0.3 is 14.8 Å². The third kappa shape index (κ3) is 3.54. The molecule has 0 saturated carbocycles. The number of nitrogens with one attached hydrogen (secondary N) is 1. The third-order valence-electron chi connectivity index (χ3n) is 2.15. The number of hydrogen-bond acceptors (Lipinski definition) is 4. The van der Waals surface area contributed by atoms with Gasteiger partial charge in [0.1, 0.15) is 5.75 Å². The normalized spacial score (nSPS) is 10.9. The SMILES string of the molecule is CNc1ccc(OCC(=O)OC)c(C(F)(F)F)c1. The monoisotopic (exact) mass is 263 g/mol. The van der Waals surface area contributed by atoms with E-state index in [0.717, 1.165) is 19.2 Å². The van der Waals surface area contributed by atoms with Crippen molar-refractivity contribution in [1.29, 1.82) is 0 Å². The van der Waals surface area contributed by atoms with E-state index < -0.39 is 30.1 Å². The van der Waals surface area contributed by atoms with Crippen molar-refractivity contribution in [2.75, 3.05) is 26.1 Å². The van der Waals surface area contributed by atoms with Gasteiger partial charge >= 0.3 is 12.1 Å². The van der Waals surface area contributed by atoms with Gasteiger partial charge in [0.15, 0.2) is 6.61 Å². The molecule has 1 N–H and O–H groups in total. The Morgan fingerprint density at radius 2 is 2.06 bits per heavy atom. The number of carbonyl (C=O) groups excluding carboxylic acids is 1. The average molecular weight is 263 g/mol. The maximum atomic E-state index is 12.7. The lowest BCUT2D eigenvalue weighted by atomic mass is 10.1. The Kier molecular flexibility index (Phi) is 4.41. The summed E-state index contributed by atoms with van der Waals surface area (Å²) in [5.41, 5.74) is -0.647. The van der Waals surface area contributed by atoms with E-state index in [1.807, 2.05) is 0 Å². The number of ether oxygens (including phenoxy) is 2. The number of hydrogen-bond donors (Lipinski definition) is 1. The zero-order valence-electron chi connectivity index (χ0n) is 9.80. The zero-order chi connectivity index (χ0) is 13.8. The number of benzene rings is 1. The number of carbonyl (C=O) groups is 1. The molecule has 0 heterocycles. The van der Waals surface area contributed by atoms with Crippen molar-refractivity contribution in [2.24, 2.45) is 0 Å². The maximum Gasteiger partial charge on any atom is 0.420 e. The fourth-order valence-corrected chi connectivity index (χ4v) is 1.23. The molecule has 0 aliphatic heterocycles. The number of esters is 1. The number of rotatable bonds is 4. The Bertz CT molecular complexity index is 432. The molecule has 0 radical (unpaired) electrons. The summed E-state index contributed by atoms with van der Waals surface area (Å²) >= 11 is 0. The van der Waals surface area contributed by atoms with E-state index in [4.69, 9.17) is 4.74 Å². The van der Waals surface area contributed by atoms with Crippen LogP contribution in [0.3, 0.4) is 0 Å². The second-order valence-corrected chi connectivity index (χ2v) is 3.32. The first kappa shape index (κ1) is 14.1. The topological polar surface area (TPSA) is 47.6 Å². The van der Waals surface area contributed by atoms with Crippen molar-refractivity contribution in [3.05, 3.63) is 23.8 Å². The summed E-state index contributed by atoms with van der Waals surface area (Å²) in [7, 11) is 2.63. The van der Waals surface area contributed by atoms with Gasteiger partial charge in [-0.1, -0.05) is 0 Å². The minimum Gasteiger partial charge on any atom is -0.481 e. The number of anilines is 1. The van der Waals surface area contributed by atoms with Gasteiger partial charge in [-0.25, -0.2) is 4.79 Å². The van der Waals surface area contributed by atoms with Crippen LogP contribution < -0.4 is 10.1 Å². The summed E-state index contributed by atoms with van der Waals surface area (Å²) < 4.78 is 47.3. The van der Waals surface area contributed by atoms with Crippen molar-refractivity contribution in [1.82, 2.24) is 0 Å². The molecule has 1 aromatic rings. The molecule has 4 nitrogen and oxygen atoms in total. The molecule has 0 amide bonds. The Balaban J connectivity index is 2.99. The van der Waals surface area contributed by atoms with Crippen molar-refractivity contribution < 1.29 is 27.4 Å². The molecule has 100 valence electrons. The lowest BCUT2D eigenvalue weighted by Crippen LogP contribution is -2.15. The molecule has 0 aromatic heterocycles. The van der Waals surface area contributed by atoms with E-state index in [1.165, 1.54) is 13.1 Å². The van der Waals surface area contributed by atoms with Crippen LogP contribution in [0.2, 0.25) is 0 Å². The molecular formula is C11H12F3NO3. The summed E-state index contributed by atoms with van der Waals surface area (Å²) in [5, 5.41) is 2.60. The van der Waals surface area contributed by atoms with Crippen molar-refractivity contribution in [3.63, 3.8) is 0 Å². The Morgan fingerprint density at radius 3 is 2.56 bits per heavy atom. The van der Waals surface area contributed by atoms with Gasteiger partial charge in [-0.2, -0.15) is 13.2 Å². The molecule has 0 saturated heterocycles. The summed E-state index contributed by atoms with van der Waals surface area (Å²) in [6.07, 6.45) is -4.56. The van der Waals surface area contributed by atoms with Crippen LogP contribution in [0.15, 0.2) is 18.2 Å². The first-order valence-electron chi connectivity index (χ1n) is 4.97. The lowest BCUT2D eigenvalue weighted by Gasteiger charge is -2.14. The number of alkyl halides is 3. The second kappa shape index (κ2) is 5.61. The van der Waals surface area contributed by atoms with Gasteiger partial charge in [-0.15, -0.1) is 0 Å². The maximum absolute atomic E-state index is 12.7. The van der Waals surface area contributed by atoms with Gasteiger partial charge in [0.25, 0.3) is 0 Å². The fourth-order valence-electron chi connectivity index (χ4n) is 1.23. The summed E-state index contributed by atoms with van der Waals surface area (Å²) in [6, 6.07) is 3.48. The highest BCUT2D eigenvalue weighted by molar-refractivity contribution is 5.71.